The van der Waals surface area contributed by atoms with Gasteiger partial charge in [0, 0.05) is 26.2 Å². The van der Waals surface area contributed by atoms with Crippen LogP contribution in [-0.4, -0.2) is 58.3 Å². The van der Waals surface area contributed by atoms with Gasteiger partial charge in [-0.2, -0.15) is 0 Å². The molecule has 1 N–H and O–H groups in total. The summed E-state index contributed by atoms with van der Waals surface area (Å²) in [6.45, 7) is 7.26. The van der Waals surface area contributed by atoms with Crippen LogP contribution in [0, 0.1) is 5.92 Å². The number of anilines is 1. The molecule has 2 fully saturated rings. The Kier molecular flexibility index (Phi) is 6.22. The number of thioether (sulfide) groups is 1. The second-order valence-electron chi connectivity index (χ2n) is 7.21. The minimum absolute atomic E-state index is 0.128. The van der Waals surface area contributed by atoms with Crippen molar-refractivity contribution in [2.24, 2.45) is 13.0 Å². The second kappa shape index (κ2) is 8.40. The Balaban J connectivity index is 1.67. The fourth-order valence-electron chi connectivity index (χ4n) is 3.41. The van der Waals surface area contributed by atoms with Gasteiger partial charge in [0.1, 0.15) is 0 Å². The molecule has 3 rings (SSSR count). The van der Waals surface area contributed by atoms with Crippen molar-refractivity contribution in [1.29, 1.82) is 0 Å². The predicted octanol–water partition coefficient (Wildman–Crippen LogP) is 1.83. The van der Waals surface area contributed by atoms with Crippen molar-refractivity contribution in [2.45, 2.75) is 56.0 Å². The van der Waals surface area contributed by atoms with E-state index < -0.39 is 0 Å². The fraction of sp³-hybridized carbons (Fsp3) is 0.824. The minimum Gasteiger partial charge on any atom is -0.378 e. The number of hydrogen-bond donors (Lipinski definition) is 1. The van der Waals surface area contributed by atoms with E-state index in [-0.39, 0.29) is 17.1 Å². The first-order chi connectivity index (χ1) is 12.1. The summed E-state index contributed by atoms with van der Waals surface area (Å²) < 4.78 is 7.40. The first-order valence-electron chi connectivity index (χ1n) is 9.25. The molecule has 0 aromatic carbocycles. The van der Waals surface area contributed by atoms with Gasteiger partial charge in [-0.05, 0) is 18.8 Å². The lowest BCUT2D eigenvalue weighted by Gasteiger charge is -2.27. The van der Waals surface area contributed by atoms with Crippen molar-refractivity contribution >= 4 is 23.6 Å². The van der Waals surface area contributed by atoms with E-state index in [1.165, 1.54) is 24.6 Å². The van der Waals surface area contributed by atoms with Crippen LogP contribution in [0.5, 0.6) is 0 Å². The highest BCUT2D eigenvalue weighted by Gasteiger charge is 2.29. The van der Waals surface area contributed by atoms with Crippen molar-refractivity contribution in [3.63, 3.8) is 0 Å². The molecule has 2 aliphatic rings. The largest absolute Gasteiger partial charge is 0.378 e. The number of rotatable bonds is 6. The quantitative estimate of drug-likeness (QED) is 0.774. The lowest BCUT2D eigenvalue weighted by molar-refractivity contribution is -0.121. The topological polar surface area (TPSA) is 72.3 Å². The van der Waals surface area contributed by atoms with E-state index in [4.69, 9.17) is 4.74 Å². The predicted molar refractivity (Wildman–Crippen MR) is 98.9 cm³/mol. The van der Waals surface area contributed by atoms with Gasteiger partial charge in [0.25, 0.3) is 0 Å². The van der Waals surface area contributed by atoms with Crippen LogP contribution in [0.2, 0.25) is 0 Å². The van der Waals surface area contributed by atoms with Gasteiger partial charge in [-0.25, -0.2) is 0 Å². The van der Waals surface area contributed by atoms with Gasteiger partial charge in [-0.15, -0.1) is 10.2 Å². The maximum absolute atomic E-state index is 12.7. The number of hydrogen-bond acceptors (Lipinski definition) is 6. The Bertz CT molecular complexity index is 580. The van der Waals surface area contributed by atoms with Crippen LogP contribution in [0.3, 0.4) is 0 Å². The zero-order valence-electron chi connectivity index (χ0n) is 15.4. The molecule has 140 valence electrons. The molecule has 7 nitrogen and oxygen atoms in total. The van der Waals surface area contributed by atoms with Crippen molar-refractivity contribution in [3.8, 4) is 0 Å². The standard InChI is InChI=1S/C17H29N5O2S/c1-12(2)14(15(23)18-13-6-4-5-7-13)25-17-20-19-16(21(17)3)22-8-10-24-11-9-22/h12-14H,4-11H2,1-3H3,(H,18,23). The zero-order valence-corrected chi connectivity index (χ0v) is 16.2. The monoisotopic (exact) mass is 367 g/mol. The third-order valence-electron chi connectivity index (χ3n) is 4.90. The molecule has 2 heterocycles. The molecule has 0 radical (unpaired) electrons. The molecular weight excluding hydrogens is 338 g/mol. The molecule has 25 heavy (non-hydrogen) atoms. The molecule has 1 aromatic rings. The van der Waals surface area contributed by atoms with Gasteiger partial charge < -0.3 is 15.0 Å². The van der Waals surface area contributed by atoms with E-state index in [9.17, 15) is 4.79 Å². The van der Waals surface area contributed by atoms with Gasteiger partial charge in [-0.3, -0.25) is 9.36 Å². The Morgan fingerprint density at radius 1 is 1.24 bits per heavy atom. The summed E-state index contributed by atoms with van der Waals surface area (Å²) in [4.78, 5) is 14.9. The minimum atomic E-state index is -0.152. The normalized spacial score (nSPS) is 20.2. The van der Waals surface area contributed by atoms with Crippen molar-refractivity contribution < 1.29 is 9.53 Å². The maximum Gasteiger partial charge on any atom is 0.234 e. The molecule has 1 saturated carbocycles. The van der Waals surface area contributed by atoms with Gasteiger partial charge in [0.05, 0.1) is 18.5 Å². The van der Waals surface area contributed by atoms with Crippen molar-refractivity contribution in [3.05, 3.63) is 0 Å². The smallest absolute Gasteiger partial charge is 0.234 e. The molecule has 1 atom stereocenters. The number of ether oxygens (including phenoxy) is 1. The molecule has 8 heteroatoms. The van der Waals surface area contributed by atoms with Crippen LogP contribution in [-0.2, 0) is 16.6 Å². The van der Waals surface area contributed by atoms with Crippen LogP contribution in [0.25, 0.3) is 0 Å². The average molecular weight is 368 g/mol. The lowest BCUT2D eigenvalue weighted by atomic mass is 10.1. The van der Waals surface area contributed by atoms with Gasteiger partial charge >= 0.3 is 0 Å². The van der Waals surface area contributed by atoms with E-state index in [1.54, 1.807) is 0 Å². The van der Waals surface area contributed by atoms with Crippen LogP contribution in [0.15, 0.2) is 5.16 Å². The SMILES string of the molecule is CC(C)C(Sc1nnc(N2CCOCC2)n1C)C(=O)NC1CCCC1. The van der Waals surface area contributed by atoms with Gasteiger partial charge in [-0.1, -0.05) is 38.5 Å². The van der Waals surface area contributed by atoms with E-state index in [2.05, 4.69) is 34.3 Å². The highest BCUT2D eigenvalue weighted by molar-refractivity contribution is 8.00. The summed E-state index contributed by atoms with van der Waals surface area (Å²) in [7, 11) is 1.97. The summed E-state index contributed by atoms with van der Waals surface area (Å²) in [5, 5.41) is 12.6. The highest BCUT2D eigenvalue weighted by atomic mass is 32.2. The molecule has 1 aromatic heterocycles. The number of carbonyl (C=O) groups is 1. The summed E-state index contributed by atoms with van der Waals surface area (Å²) in [5.41, 5.74) is 0. The molecule has 1 aliphatic carbocycles. The van der Waals surface area contributed by atoms with Crippen molar-refractivity contribution in [1.82, 2.24) is 20.1 Å². The molecule has 1 unspecified atom stereocenters. The third kappa shape index (κ3) is 4.47. The first kappa shape index (κ1) is 18.5. The molecular formula is C17H29N5O2S. The summed E-state index contributed by atoms with van der Waals surface area (Å²) in [6.07, 6.45) is 4.64. The molecule has 1 amide bonds. The highest BCUT2D eigenvalue weighted by Crippen LogP contribution is 2.29. The van der Waals surface area contributed by atoms with Crippen LogP contribution in [0.1, 0.15) is 39.5 Å². The summed E-state index contributed by atoms with van der Waals surface area (Å²) in [6, 6.07) is 0.345. The number of amides is 1. The summed E-state index contributed by atoms with van der Waals surface area (Å²) >= 11 is 1.52. The Morgan fingerprint density at radius 3 is 2.56 bits per heavy atom. The lowest BCUT2D eigenvalue weighted by Crippen LogP contribution is -2.41. The number of aromatic nitrogens is 3. The Labute approximate surface area is 153 Å². The van der Waals surface area contributed by atoms with E-state index in [0.717, 1.165) is 37.0 Å². The molecule has 0 bridgehead atoms. The molecule has 1 aliphatic heterocycles. The Hall–Kier alpha value is -1.28. The maximum atomic E-state index is 12.7. The van der Waals surface area contributed by atoms with Gasteiger partial charge in [0.15, 0.2) is 5.16 Å². The number of nitrogens with zero attached hydrogens (tertiary/aromatic N) is 4. The summed E-state index contributed by atoms with van der Waals surface area (Å²) in [5.74, 6) is 1.21. The van der Waals surface area contributed by atoms with E-state index >= 15 is 0 Å². The zero-order chi connectivity index (χ0) is 17.8. The number of morpholine rings is 1. The third-order valence-corrected chi connectivity index (χ3v) is 6.48. The first-order valence-corrected chi connectivity index (χ1v) is 10.1. The van der Waals surface area contributed by atoms with Crippen LogP contribution in [0.4, 0.5) is 5.95 Å². The average Bonchev–Trinajstić information content (AvgIpc) is 3.23. The number of nitrogens with one attached hydrogen (secondary N) is 1. The fourth-order valence-corrected chi connectivity index (χ4v) is 4.41. The van der Waals surface area contributed by atoms with E-state index in [0.29, 0.717) is 19.3 Å². The molecule has 0 spiro atoms. The second-order valence-corrected chi connectivity index (χ2v) is 8.32. The van der Waals surface area contributed by atoms with Crippen molar-refractivity contribution in [2.75, 3.05) is 31.2 Å². The number of carbonyl (C=O) groups excluding carboxylic acids is 1. The Morgan fingerprint density at radius 2 is 1.92 bits per heavy atom. The van der Waals surface area contributed by atoms with Crippen LogP contribution >= 0.6 is 11.8 Å². The molecule has 1 saturated heterocycles. The van der Waals surface area contributed by atoms with Crippen LogP contribution < -0.4 is 10.2 Å². The van der Waals surface area contributed by atoms with E-state index in [1.807, 2.05) is 11.6 Å². The van der Waals surface area contributed by atoms with Gasteiger partial charge in [0.2, 0.25) is 11.9 Å².